The quantitative estimate of drug-likeness (QED) is 0.795. The molecule has 6 heteroatoms. The largest absolute Gasteiger partial charge is 0.478 e. The highest BCUT2D eigenvalue weighted by atomic mass is 35.5. The third kappa shape index (κ3) is 4.36. The normalized spacial score (nSPS) is 21.0. The standard InChI is InChI=1S/C15H19ClN2O3/c1-9-3-2-4-10(9)8-17-15(21)18-13-6-11(14(19)20)5-12(16)7-13/h5-7,9-10H,2-4,8H2,1H3,(H,19,20)(H2,17,18,21). The van der Waals surface area contributed by atoms with Crippen LogP contribution in [0.5, 0.6) is 0 Å². The monoisotopic (exact) mass is 310 g/mol. The summed E-state index contributed by atoms with van der Waals surface area (Å²) in [5.41, 5.74) is 0.416. The van der Waals surface area contributed by atoms with Crippen molar-refractivity contribution in [2.45, 2.75) is 26.2 Å². The van der Waals surface area contributed by atoms with Gasteiger partial charge in [-0.3, -0.25) is 0 Å². The number of halogens is 1. The van der Waals surface area contributed by atoms with E-state index in [1.165, 1.54) is 31.0 Å². The summed E-state index contributed by atoms with van der Waals surface area (Å²) in [6.07, 6.45) is 3.57. The van der Waals surface area contributed by atoms with Gasteiger partial charge in [0.15, 0.2) is 0 Å². The molecule has 0 bridgehead atoms. The van der Waals surface area contributed by atoms with Crippen LogP contribution in [0.1, 0.15) is 36.5 Å². The summed E-state index contributed by atoms with van der Waals surface area (Å²) in [6.45, 7) is 2.84. The number of carbonyl (C=O) groups excluding carboxylic acids is 1. The molecule has 0 radical (unpaired) electrons. The zero-order valence-corrected chi connectivity index (χ0v) is 12.6. The molecule has 0 spiro atoms. The van der Waals surface area contributed by atoms with Crippen LogP contribution in [0, 0.1) is 11.8 Å². The second-order valence-corrected chi connectivity index (χ2v) is 5.97. The van der Waals surface area contributed by atoms with Gasteiger partial charge in [0.2, 0.25) is 0 Å². The molecule has 0 saturated heterocycles. The van der Waals surface area contributed by atoms with Gasteiger partial charge in [-0.1, -0.05) is 31.4 Å². The third-order valence-corrected chi connectivity index (χ3v) is 4.18. The highest BCUT2D eigenvalue weighted by Gasteiger charge is 2.23. The molecule has 0 aromatic heterocycles. The van der Waals surface area contributed by atoms with Crippen LogP contribution in [0.15, 0.2) is 18.2 Å². The number of benzene rings is 1. The van der Waals surface area contributed by atoms with E-state index in [4.69, 9.17) is 16.7 Å². The topological polar surface area (TPSA) is 78.4 Å². The molecule has 5 nitrogen and oxygen atoms in total. The van der Waals surface area contributed by atoms with Crippen LogP contribution >= 0.6 is 11.6 Å². The predicted molar refractivity (Wildman–Crippen MR) is 81.9 cm³/mol. The van der Waals surface area contributed by atoms with Crippen molar-refractivity contribution >= 4 is 29.3 Å². The number of rotatable bonds is 4. The predicted octanol–water partition coefficient (Wildman–Crippen LogP) is 3.60. The SMILES string of the molecule is CC1CCCC1CNC(=O)Nc1cc(Cl)cc(C(=O)O)c1. The second-order valence-electron chi connectivity index (χ2n) is 5.54. The molecule has 1 saturated carbocycles. The Morgan fingerprint density at radius 3 is 2.71 bits per heavy atom. The van der Waals surface area contributed by atoms with Gasteiger partial charge in [0.25, 0.3) is 0 Å². The number of aromatic carboxylic acids is 1. The van der Waals surface area contributed by atoms with E-state index >= 15 is 0 Å². The van der Waals surface area contributed by atoms with Gasteiger partial charge < -0.3 is 15.7 Å². The second kappa shape index (κ2) is 6.80. The number of carbonyl (C=O) groups is 2. The number of amides is 2. The van der Waals surface area contributed by atoms with E-state index in [0.717, 1.165) is 6.42 Å². The first-order chi connectivity index (χ1) is 9.95. The first kappa shape index (κ1) is 15.6. The van der Waals surface area contributed by atoms with Crippen LogP contribution in [0.4, 0.5) is 10.5 Å². The number of nitrogens with one attached hydrogen (secondary N) is 2. The Balaban J connectivity index is 1.91. The maximum atomic E-state index is 11.9. The Morgan fingerprint density at radius 1 is 1.33 bits per heavy atom. The van der Waals surface area contributed by atoms with Crippen molar-refractivity contribution in [1.82, 2.24) is 5.32 Å². The molecule has 1 aliphatic rings. The first-order valence-electron chi connectivity index (χ1n) is 7.04. The average Bonchev–Trinajstić information content (AvgIpc) is 2.81. The lowest BCUT2D eigenvalue weighted by atomic mass is 9.98. The molecule has 2 unspecified atom stereocenters. The molecule has 1 aromatic carbocycles. The number of carboxylic acids is 1. The summed E-state index contributed by atoms with van der Waals surface area (Å²) >= 11 is 5.84. The van der Waals surface area contributed by atoms with E-state index in [2.05, 4.69) is 17.6 Å². The lowest BCUT2D eigenvalue weighted by Crippen LogP contribution is -2.33. The maximum absolute atomic E-state index is 11.9. The van der Waals surface area contributed by atoms with E-state index in [9.17, 15) is 9.59 Å². The Bertz CT molecular complexity index is 548. The van der Waals surface area contributed by atoms with Crippen molar-refractivity contribution in [2.75, 3.05) is 11.9 Å². The molecule has 3 N–H and O–H groups in total. The molecule has 2 atom stereocenters. The Hall–Kier alpha value is -1.75. The summed E-state index contributed by atoms with van der Waals surface area (Å²) in [7, 11) is 0. The van der Waals surface area contributed by atoms with Crippen molar-refractivity contribution < 1.29 is 14.7 Å². The smallest absolute Gasteiger partial charge is 0.335 e. The number of carboxylic acid groups (broad SMARTS) is 1. The van der Waals surface area contributed by atoms with Gasteiger partial charge in [-0.15, -0.1) is 0 Å². The molecular formula is C15H19ClN2O3. The van der Waals surface area contributed by atoms with Crippen LogP contribution in [0.2, 0.25) is 5.02 Å². The number of hydrogen-bond acceptors (Lipinski definition) is 2. The van der Waals surface area contributed by atoms with Crippen molar-refractivity contribution in [3.8, 4) is 0 Å². The fraction of sp³-hybridized carbons (Fsp3) is 0.467. The Labute approximate surface area is 128 Å². The lowest BCUT2D eigenvalue weighted by Gasteiger charge is -2.16. The summed E-state index contributed by atoms with van der Waals surface area (Å²) in [5, 5.41) is 14.7. The fourth-order valence-electron chi connectivity index (χ4n) is 2.71. The zero-order valence-electron chi connectivity index (χ0n) is 11.9. The molecule has 0 heterocycles. The highest BCUT2D eigenvalue weighted by molar-refractivity contribution is 6.31. The molecule has 2 amide bonds. The summed E-state index contributed by atoms with van der Waals surface area (Å²) in [6, 6.07) is 3.90. The molecular weight excluding hydrogens is 292 g/mol. The van der Waals surface area contributed by atoms with Crippen LogP contribution < -0.4 is 10.6 Å². The lowest BCUT2D eigenvalue weighted by molar-refractivity contribution is 0.0697. The van der Waals surface area contributed by atoms with E-state index in [-0.39, 0.29) is 16.6 Å². The van der Waals surface area contributed by atoms with Crippen LogP contribution in [0.3, 0.4) is 0 Å². The average molecular weight is 311 g/mol. The van der Waals surface area contributed by atoms with Gasteiger partial charge in [0, 0.05) is 17.3 Å². The van der Waals surface area contributed by atoms with Crippen molar-refractivity contribution in [2.24, 2.45) is 11.8 Å². The Kier molecular flexibility index (Phi) is 5.07. The van der Waals surface area contributed by atoms with E-state index in [0.29, 0.717) is 24.1 Å². The number of hydrogen-bond donors (Lipinski definition) is 3. The van der Waals surface area contributed by atoms with Gasteiger partial charge in [-0.2, -0.15) is 0 Å². The summed E-state index contributed by atoms with van der Waals surface area (Å²) in [5.74, 6) is 0.0699. The van der Waals surface area contributed by atoms with Crippen molar-refractivity contribution in [1.29, 1.82) is 0 Å². The highest BCUT2D eigenvalue weighted by Crippen LogP contribution is 2.30. The van der Waals surface area contributed by atoms with E-state index in [1.54, 1.807) is 0 Å². The van der Waals surface area contributed by atoms with Gasteiger partial charge >= 0.3 is 12.0 Å². The van der Waals surface area contributed by atoms with Gasteiger partial charge in [0.05, 0.1) is 5.56 Å². The minimum absolute atomic E-state index is 0.0437. The minimum Gasteiger partial charge on any atom is -0.478 e. The molecule has 1 aromatic rings. The molecule has 0 aliphatic heterocycles. The Morgan fingerprint density at radius 2 is 2.10 bits per heavy atom. The zero-order chi connectivity index (χ0) is 15.4. The van der Waals surface area contributed by atoms with E-state index < -0.39 is 5.97 Å². The first-order valence-corrected chi connectivity index (χ1v) is 7.42. The summed E-state index contributed by atoms with van der Waals surface area (Å²) in [4.78, 5) is 22.8. The van der Waals surface area contributed by atoms with Gasteiger partial charge in [0.1, 0.15) is 0 Å². The van der Waals surface area contributed by atoms with Gasteiger partial charge in [-0.05, 0) is 36.5 Å². The number of anilines is 1. The van der Waals surface area contributed by atoms with Crippen LogP contribution in [0.25, 0.3) is 0 Å². The van der Waals surface area contributed by atoms with Crippen molar-refractivity contribution in [3.63, 3.8) is 0 Å². The van der Waals surface area contributed by atoms with Crippen LogP contribution in [-0.2, 0) is 0 Å². The molecule has 114 valence electrons. The summed E-state index contributed by atoms with van der Waals surface area (Å²) < 4.78 is 0. The fourth-order valence-corrected chi connectivity index (χ4v) is 2.94. The van der Waals surface area contributed by atoms with Crippen LogP contribution in [-0.4, -0.2) is 23.7 Å². The van der Waals surface area contributed by atoms with E-state index in [1.807, 2.05) is 0 Å². The molecule has 1 aliphatic carbocycles. The molecule has 1 fully saturated rings. The third-order valence-electron chi connectivity index (χ3n) is 3.97. The maximum Gasteiger partial charge on any atom is 0.335 e. The van der Waals surface area contributed by atoms with Gasteiger partial charge in [-0.25, -0.2) is 9.59 Å². The molecule has 2 rings (SSSR count). The number of urea groups is 1. The van der Waals surface area contributed by atoms with Crippen molar-refractivity contribution in [3.05, 3.63) is 28.8 Å². The molecule has 21 heavy (non-hydrogen) atoms. The minimum atomic E-state index is -1.08.